The van der Waals surface area contributed by atoms with Gasteiger partial charge in [-0.2, -0.15) is 0 Å². The average Bonchev–Trinajstić information content (AvgIpc) is 2.48. The predicted molar refractivity (Wildman–Crippen MR) is 98.0 cm³/mol. The zero-order valence-electron chi connectivity index (χ0n) is 14.4. The number of halogens is 1. The predicted octanol–water partition coefficient (Wildman–Crippen LogP) is 4.24. The van der Waals surface area contributed by atoms with Crippen molar-refractivity contribution in [3.05, 3.63) is 33.8 Å². The first kappa shape index (κ1) is 16.6. The maximum atomic E-state index is 13.0. The minimum Gasteiger partial charge on any atom is -0.390 e. The second kappa shape index (κ2) is 5.84. The van der Waals surface area contributed by atoms with Crippen LogP contribution < -0.4 is 5.32 Å². The van der Waals surface area contributed by atoms with Gasteiger partial charge in [0.2, 0.25) is 0 Å². The van der Waals surface area contributed by atoms with Gasteiger partial charge in [-0.05, 0) is 79.5 Å². The smallest absolute Gasteiger partial charge is 0.251 e. The zero-order chi connectivity index (χ0) is 17.1. The van der Waals surface area contributed by atoms with E-state index >= 15 is 0 Å². The molecular formula is C20H26BrNO2. The second-order valence-corrected chi connectivity index (χ2v) is 9.50. The SMILES string of the molecule is CC(C)c1cc(Br)ccc1C(=O)N[C@H]1C2CC3CC1C[C@](O)(C3)C2. The van der Waals surface area contributed by atoms with Crippen molar-refractivity contribution in [2.75, 3.05) is 0 Å². The minimum absolute atomic E-state index is 0.0515. The van der Waals surface area contributed by atoms with Crippen LogP contribution in [0, 0.1) is 17.8 Å². The maximum absolute atomic E-state index is 13.0. The van der Waals surface area contributed by atoms with Crippen LogP contribution in [-0.2, 0) is 0 Å². The topological polar surface area (TPSA) is 49.3 Å². The van der Waals surface area contributed by atoms with E-state index in [1.807, 2.05) is 12.1 Å². The molecule has 24 heavy (non-hydrogen) atoms. The molecular weight excluding hydrogens is 366 g/mol. The van der Waals surface area contributed by atoms with E-state index in [1.165, 1.54) is 12.8 Å². The quantitative estimate of drug-likeness (QED) is 0.809. The van der Waals surface area contributed by atoms with E-state index in [2.05, 4.69) is 41.2 Å². The van der Waals surface area contributed by atoms with Crippen LogP contribution in [0.2, 0.25) is 0 Å². The number of carbonyl (C=O) groups is 1. The van der Waals surface area contributed by atoms with Crippen LogP contribution in [0.1, 0.15) is 67.8 Å². The summed E-state index contributed by atoms with van der Waals surface area (Å²) in [6.45, 7) is 4.24. The largest absolute Gasteiger partial charge is 0.390 e. The summed E-state index contributed by atoms with van der Waals surface area (Å²) >= 11 is 3.51. The summed E-state index contributed by atoms with van der Waals surface area (Å²) in [5, 5.41) is 14.0. The molecule has 3 nitrogen and oxygen atoms in total. The monoisotopic (exact) mass is 391 g/mol. The molecule has 4 aliphatic rings. The molecule has 4 aliphatic carbocycles. The Bertz CT molecular complexity index is 656. The molecule has 4 bridgehead atoms. The van der Waals surface area contributed by atoms with Gasteiger partial charge in [-0.15, -0.1) is 0 Å². The first-order valence-electron chi connectivity index (χ1n) is 9.17. The summed E-state index contributed by atoms with van der Waals surface area (Å²) in [7, 11) is 0. The summed E-state index contributed by atoms with van der Waals surface area (Å²) in [5.41, 5.74) is 1.43. The third-order valence-corrected chi connectivity index (χ3v) is 6.91. The standard InChI is InChI=1S/C20H26BrNO2/c1-11(2)17-7-15(21)3-4-16(17)19(23)22-18-13-5-12-6-14(18)10-20(24,8-12)9-13/h3-4,7,11-14,18,24H,5-6,8-10H2,1-2H3,(H,22,23)/t12?,13?,14?,18-,20-. The number of rotatable bonds is 3. The molecule has 2 unspecified atom stereocenters. The molecule has 2 atom stereocenters. The summed E-state index contributed by atoms with van der Waals surface area (Å²) in [4.78, 5) is 13.0. The van der Waals surface area contributed by atoms with E-state index in [0.29, 0.717) is 23.7 Å². The minimum atomic E-state index is -0.446. The van der Waals surface area contributed by atoms with Crippen LogP contribution in [0.5, 0.6) is 0 Å². The Kier molecular flexibility index (Phi) is 4.04. The fourth-order valence-electron chi connectivity index (χ4n) is 5.66. The number of hydrogen-bond donors (Lipinski definition) is 2. The van der Waals surface area contributed by atoms with Gasteiger partial charge >= 0.3 is 0 Å². The average molecular weight is 392 g/mol. The fourth-order valence-corrected chi connectivity index (χ4v) is 6.04. The fraction of sp³-hybridized carbons (Fsp3) is 0.650. The second-order valence-electron chi connectivity index (χ2n) is 8.58. The molecule has 1 aromatic carbocycles. The van der Waals surface area contributed by atoms with Gasteiger partial charge in [0, 0.05) is 16.1 Å². The number of hydrogen-bond acceptors (Lipinski definition) is 2. The third kappa shape index (κ3) is 2.82. The van der Waals surface area contributed by atoms with E-state index < -0.39 is 5.60 Å². The first-order chi connectivity index (χ1) is 11.3. The summed E-state index contributed by atoms with van der Waals surface area (Å²) in [6, 6.07) is 6.16. The number of amides is 1. The van der Waals surface area contributed by atoms with Gasteiger partial charge in [-0.25, -0.2) is 0 Å². The molecule has 4 saturated carbocycles. The molecule has 0 heterocycles. The van der Waals surface area contributed by atoms with Crippen molar-refractivity contribution in [2.24, 2.45) is 17.8 Å². The van der Waals surface area contributed by atoms with Gasteiger partial charge in [0.15, 0.2) is 0 Å². The maximum Gasteiger partial charge on any atom is 0.251 e. The highest BCUT2D eigenvalue weighted by molar-refractivity contribution is 9.10. The van der Waals surface area contributed by atoms with Crippen molar-refractivity contribution >= 4 is 21.8 Å². The van der Waals surface area contributed by atoms with Crippen molar-refractivity contribution in [2.45, 2.75) is 63.5 Å². The van der Waals surface area contributed by atoms with Crippen LogP contribution >= 0.6 is 15.9 Å². The molecule has 0 radical (unpaired) electrons. The van der Waals surface area contributed by atoms with Gasteiger partial charge in [-0.3, -0.25) is 4.79 Å². The lowest BCUT2D eigenvalue weighted by atomic mass is 9.52. The molecule has 0 spiro atoms. The summed E-state index contributed by atoms with van der Waals surface area (Å²) < 4.78 is 1.01. The van der Waals surface area contributed by atoms with E-state index in [9.17, 15) is 9.90 Å². The molecule has 2 N–H and O–H groups in total. The lowest BCUT2D eigenvalue weighted by Crippen LogP contribution is -2.61. The Morgan fingerprint density at radius 3 is 2.50 bits per heavy atom. The lowest BCUT2D eigenvalue weighted by Gasteiger charge is -2.58. The number of carbonyl (C=O) groups excluding carboxylic acids is 1. The van der Waals surface area contributed by atoms with Crippen LogP contribution in [0.4, 0.5) is 0 Å². The van der Waals surface area contributed by atoms with E-state index in [1.54, 1.807) is 0 Å². The van der Waals surface area contributed by atoms with Gasteiger partial charge in [-0.1, -0.05) is 29.8 Å². The van der Waals surface area contributed by atoms with Gasteiger partial charge in [0.05, 0.1) is 5.60 Å². The Morgan fingerprint density at radius 1 is 1.25 bits per heavy atom. The van der Waals surface area contributed by atoms with E-state index in [-0.39, 0.29) is 11.9 Å². The van der Waals surface area contributed by atoms with Crippen molar-refractivity contribution in [3.8, 4) is 0 Å². The lowest BCUT2D eigenvalue weighted by molar-refractivity contribution is -0.136. The van der Waals surface area contributed by atoms with Crippen molar-refractivity contribution in [1.29, 1.82) is 0 Å². The highest BCUT2D eigenvalue weighted by Gasteiger charge is 2.55. The van der Waals surface area contributed by atoms with Crippen LogP contribution in [0.3, 0.4) is 0 Å². The highest BCUT2D eigenvalue weighted by atomic mass is 79.9. The summed E-state index contributed by atoms with van der Waals surface area (Å²) in [5.74, 6) is 1.92. The van der Waals surface area contributed by atoms with Gasteiger partial charge in [0.25, 0.3) is 5.91 Å². The van der Waals surface area contributed by atoms with Crippen molar-refractivity contribution < 1.29 is 9.90 Å². The molecule has 4 fully saturated rings. The van der Waals surface area contributed by atoms with E-state index in [4.69, 9.17) is 0 Å². The van der Waals surface area contributed by atoms with Crippen LogP contribution in [0.25, 0.3) is 0 Å². The van der Waals surface area contributed by atoms with Crippen LogP contribution in [-0.4, -0.2) is 22.7 Å². The molecule has 1 aromatic rings. The first-order valence-corrected chi connectivity index (χ1v) is 9.96. The molecule has 5 rings (SSSR count). The van der Waals surface area contributed by atoms with Crippen molar-refractivity contribution in [3.63, 3.8) is 0 Å². The Balaban J connectivity index is 1.55. The molecule has 4 heteroatoms. The van der Waals surface area contributed by atoms with E-state index in [0.717, 1.165) is 34.9 Å². The zero-order valence-corrected chi connectivity index (χ0v) is 16.0. The third-order valence-electron chi connectivity index (χ3n) is 6.42. The van der Waals surface area contributed by atoms with Gasteiger partial charge in [0.1, 0.15) is 0 Å². The number of nitrogens with one attached hydrogen (secondary N) is 1. The molecule has 130 valence electrons. The highest BCUT2D eigenvalue weighted by Crippen LogP contribution is 2.55. The number of benzene rings is 1. The Morgan fingerprint density at radius 2 is 1.92 bits per heavy atom. The number of aliphatic hydroxyl groups is 1. The molecule has 0 aromatic heterocycles. The Labute approximate surface area is 152 Å². The molecule has 1 amide bonds. The van der Waals surface area contributed by atoms with Gasteiger partial charge < -0.3 is 10.4 Å². The Hall–Kier alpha value is -0.870. The normalized spacial score (nSPS) is 37.0. The molecule has 0 aliphatic heterocycles. The molecule has 0 saturated heterocycles. The van der Waals surface area contributed by atoms with Crippen molar-refractivity contribution in [1.82, 2.24) is 5.32 Å². The summed E-state index contributed by atoms with van der Waals surface area (Å²) in [6.07, 6.45) is 5.04. The van der Waals surface area contributed by atoms with Crippen LogP contribution in [0.15, 0.2) is 22.7 Å².